The summed E-state index contributed by atoms with van der Waals surface area (Å²) >= 11 is 0. The minimum Gasteiger partial charge on any atom is -0.354 e. The summed E-state index contributed by atoms with van der Waals surface area (Å²) in [4.78, 5) is 19.7. The van der Waals surface area contributed by atoms with E-state index in [1.165, 1.54) is 12.5 Å². The number of hydrogen-bond acceptors (Lipinski definition) is 4. The third-order valence-electron chi connectivity index (χ3n) is 2.90. The van der Waals surface area contributed by atoms with Crippen molar-refractivity contribution < 1.29 is 4.79 Å². The van der Waals surface area contributed by atoms with Crippen molar-refractivity contribution in [1.29, 1.82) is 0 Å². The molecule has 98 valence electrons. The molecule has 0 unspecified atom stereocenters. The van der Waals surface area contributed by atoms with Crippen LogP contribution >= 0.6 is 0 Å². The second kappa shape index (κ2) is 6.09. The standard InChI is InChI=1S/C15H17N3O/c1-11-14(12(2)19)10-17-15(18-11)16-9-8-13-6-4-3-5-7-13/h3-7,10H,8-9H2,1-2H3,(H,16,17,18). The van der Waals surface area contributed by atoms with Crippen molar-refractivity contribution in [1.82, 2.24) is 9.97 Å². The minimum absolute atomic E-state index is 0.00617. The van der Waals surface area contributed by atoms with Gasteiger partial charge in [-0.05, 0) is 25.8 Å². The second-order valence-corrected chi connectivity index (χ2v) is 4.41. The molecular formula is C15H17N3O. The number of aromatic nitrogens is 2. The largest absolute Gasteiger partial charge is 0.354 e. The summed E-state index contributed by atoms with van der Waals surface area (Å²) in [7, 11) is 0. The van der Waals surface area contributed by atoms with E-state index in [1.807, 2.05) is 25.1 Å². The van der Waals surface area contributed by atoms with Gasteiger partial charge in [-0.3, -0.25) is 4.79 Å². The highest BCUT2D eigenvalue weighted by Crippen LogP contribution is 2.08. The molecule has 4 nitrogen and oxygen atoms in total. The van der Waals surface area contributed by atoms with Crippen molar-refractivity contribution >= 4 is 11.7 Å². The molecule has 0 saturated carbocycles. The molecule has 0 aliphatic rings. The summed E-state index contributed by atoms with van der Waals surface area (Å²) in [6.07, 6.45) is 2.49. The first-order chi connectivity index (χ1) is 9.16. The van der Waals surface area contributed by atoms with E-state index in [2.05, 4.69) is 27.4 Å². The van der Waals surface area contributed by atoms with Gasteiger partial charge in [-0.1, -0.05) is 30.3 Å². The van der Waals surface area contributed by atoms with Crippen LogP contribution < -0.4 is 5.32 Å². The maximum absolute atomic E-state index is 11.3. The molecule has 19 heavy (non-hydrogen) atoms. The molecule has 0 aliphatic heterocycles. The number of benzene rings is 1. The van der Waals surface area contributed by atoms with Gasteiger partial charge in [-0.15, -0.1) is 0 Å². The topological polar surface area (TPSA) is 54.9 Å². The summed E-state index contributed by atoms with van der Waals surface area (Å²) in [6.45, 7) is 4.11. The molecule has 0 amide bonds. The average Bonchev–Trinajstić information content (AvgIpc) is 2.39. The van der Waals surface area contributed by atoms with Crippen LogP contribution in [0.2, 0.25) is 0 Å². The number of carbonyl (C=O) groups excluding carboxylic acids is 1. The first-order valence-corrected chi connectivity index (χ1v) is 6.29. The lowest BCUT2D eigenvalue weighted by Crippen LogP contribution is -2.10. The lowest BCUT2D eigenvalue weighted by atomic mass is 10.1. The van der Waals surface area contributed by atoms with Crippen molar-refractivity contribution in [2.45, 2.75) is 20.3 Å². The highest BCUT2D eigenvalue weighted by atomic mass is 16.1. The molecule has 2 rings (SSSR count). The van der Waals surface area contributed by atoms with Crippen LogP contribution in [0.15, 0.2) is 36.5 Å². The van der Waals surface area contributed by atoms with Gasteiger partial charge in [-0.25, -0.2) is 9.97 Å². The minimum atomic E-state index is -0.00617. The highest BCUT2D eigenvalue weighted by molar-refractivity contribution is 5.94. The Labute approximate surface area is 112 Å². The molecular weight excluding hydrogens is 238 g/mol. The third kappa shape index (κ3) is 3.61. The maximum Gasteiger partial charge on any atom is 0.222 e. The van der Waals surface area contributed by atoms with Crippen molar-refractivity contribution in [2.75, 3.05) is 11.9 Å². The number of aryl methyl sites for hydroxylation is 1. The predicted octanol–water partition coefficient (Wildman–Crippen LogP) is 2.64. The van der Waals surface area contributed by atoms with Crippen molar-refractivity contribution in [2.24, 2.45) is 0 Å². The Hall–Kier alpha value is -2.23. The molecule has 4 heteroatoms. The van der Waals surface area contributed by atoms with Crippen LogP contribution in [0.4, 0.5) is 5.95 Å². The summed E-state index contributed by atoms with van der Waals surface area (Å²) < 4.78 is 0. The number of nitrogens with one attached hydrogen (secondary N) is 1. The third-order valence-corrected chi connectivity index (χ3v) is 2.90. The zero-order chi connectivity index (χ0) is 13.7. The molecule has 1 heterocycles. The summed E-state index contributed by atoms with van der Waals surface area (Å²) in [5, 5.41) is 3.17. The van der Waals surface area contributed by atoms with Gasteiger partial charge in [0.1, 0.15) is 0 Å². The van der Waals surface area contributed by atoms with Gasteiger partial charge in [0, 0.05) is 12.7 Å². The SMILES string of the molecule is CC(=O)c1cnc(NCCc2ccccc2)nc1C. The van der Waals surface area contributed by atoms with E-state index in [0.29, 0.717) is 17.2 Å². The smallest absolute Gasteiger partial charge is 0.222 e. The molecule has 1 aromatic heterocycles. The Bertz CT molecular complexity index is 567. The normalized spacial score (nSPS) is 10.2. The van der Waals surface area contributed by atoms with Crippen LogP contribution in [0, 0.1) is 6.92 Å². The molecule has 0 spiro atoms. The van der Waals surface area contributed by atoms with Gasteiger partial charge in [0.05, 0.1) is 11.3 Å². The highest BCUT2D eigenvalue weighted by Gasteiger charge is 2.06. The number of nitrogens with zero attached hydrogens (tertiary/aromatic N) is 2. The lowest BCUT2D eigenvalue weighted by molar-refractivity contribution is 0.101. The summed E-state index contributed by atoms with van der Waals surface area (Å²) in [6, 6.07) is 10.2. The number of rotatable bonds is 5. The fraction of sp³-hybridized carbons (Fsp3) is 0.267. The van der Waals surface area contributed by atoms with Crippen LogP contribution in [0.3, 0.4) is 0 Å². The molecule has 2 aromatic rings. The number of hydrogen-bond donors (Lipinski definition) is 1. The van der Waals surface area contributed by atoms with Gasteiger partial charge in [0.2, 0.25) is 5.95 Å². The van der Waals surface area contributed by atoms with Gasteiger partial charge in [0.15, 0.2) is 5.78 Å². The zero-order valence-corrected chi connectivity index (χ0v) is 11.2. The average molecular weight is 255 g/mol. The van der Waals surface area contributed by atoms with Gasteiger partial charge in [0.25, 0.3) is 0 Å². The Balaban J connectivity index is 1.93. The van der Waals surface area contributed by atoms with E-state index < -0.39 is 0 Å². The molecule has 0 radical (unpaired) electrons. The van der Waals surface area contributed by atoms with Crippen molar-refractivity contribution in [3.05, 3.63) is 53.3 Å². The van der Waals surface area contributed by atoms with E-state index >= 15 is 0 Å². The van der Waals surface area contributed by atoms with E-state index in [-0.39, 0.29) is 5.78 Å². The van der Waals surface area contributed by atoms with Crippen molar-refractivity contribution in [3.63, 3.8) is 0 Å². The Morgan fingerprint density at radius 2 is 2.00 bits per heavy atom. The summed E-state index contributed by atoms with van der Waals surface area (Å²) in [5.74, 6) is 0.562. The van der Waals surface area contributed by atoms with E-state index in [0.717, 1.165) is 13.0 Å². The van der Waals surface area contributed by atoms with E-state index in [1.54, 1.807) is 6.20 Å². The quantitative estimate of drug-likeness (QED) is 0.834. The predicted molar refractivity (Wildman–Crippen MR) is 75.4 cm³/mol. The molecule has 0 bridgehead atoms. The van der Waals surface area contributed by atoms with Crippen LogP contribution in [-0.4, -0.2) is 22.3 Å². The molecule has 0 atom stereocenters. The maximum atomic E-state index is 11.3. The van der Waals surface area contributed by atoms with Crippen LogP contribution in [0.1, 0.15) is 28.5 Å². The van der Waals surface area contributed by atoms with E-state index in [4.69, 9.17) is 0 Å². The molecule has 0 aliphatic carbocycles. The van der Waals surface area contributed by atoms with Gasteiger partial charge < -0.3 is 5.32 Å². The first kappa shape index (κ1) is 13.2. The monoisotopic (exact) mass is 255 g/mol. The van der Waals surface area contributed by atoms with Crippen molar-refractivity contribution in [3.8, 4) is 0 Å². The lowest BCUT2D eigenvalue weighted by Gasteiger charge is -2.07. The first-order valence-electron chi connectivity index (χ1n) is 6.29. The second-order valence-electron chi connectivity index (χ2n) is 4.41. The molecule has 1 N–H and O–H groups in total. The van der Waals surface area contributed by atoms with Crippen LogP contribution in [-0.2, 0) is 6.42 Å². The Morgan fingerprint density at radius 1 is 1.26 bits per heavy atom. The Kier molecular flexibility index (Phi) is 4.23. The fourth-order valence-corrected chi connectivity index (χ4v) is 1.86. The molecule has 1 aromatic carbocycles. The number of anilines is 1. The number of carbonyl (C=O) groups is 1. The Morgan fingerprint density at radius 3 is 2.63 bits per heavy atom. The van der Waals surface area contributed by atoms with Gasteiger partial charge in [-0.2, -0.15) is 0 Å². The molecule has 0 saturated heterocycles. The van der Waals surface area contributed by atoms with Gasteiger partial charge >= 0.3 is 0 Å². The molecule has 0 fully saturated rings. The number of ketones is 1. The zero-order valence-electron chi connectivity index (χ0n) is 11.2. The fourth-order valence-electron chi connectivity index (χ4n) is 1.86. The number of Topliss-reactive ketones (excluding diaryl/α,β-unsaturated/α-hetero) is 1. The van der Waals surface area contributed by atoms with Crippen LogP contribution in [0.25, 0.3) is 0 Å². The summed E-state index contributed by atoms with van der Waals surface area (Å²) in [5.41, 5.74) is 2.56. The van der Waals surface area contributed by atoms with Crippen LogP contribution in [0.5, 0.6) is 0 Å². The van der Waals surface area contributed by atoms with E-state index in [9.17, 15) is 4.79 Å².